The number of methoxy groups -OCH3 is 1. The van der Waals surface area contributed by atoms with Crippen molar-refractivity contribution < 1.29 is 28.6 Å². The maximum atomic E-state index is 13.6. The highest BCUT2D eigenvalue weighted by Gasteiger charge is 2.24. The van der Waals surface area contributed by atoms with Crippen LogP contribution in [0.5, 0.6) is 5.75 Å². The van der Waals surface area contributed by atoms with Crippen LogP contribution < -0.4 is 15.8 Å². The second-order valence-electron chi connectivity index (χ2n) is 3.88. The molecule has 0 aliphatic heterocycles. The molecule has 0 radical (unpaired) electrons. The number of rotatable bonds is 6. The van der Waals surface area contributed by atoms with E-state index in [9.17, 15) is 18.8 Å². The van der Waals surface area contributed by atoms with Crippen LogP contribution in [0.3, 0.4) is 0 Å². The van der Waals surface area contributed by atoms with E-state index in [4.69, 9.17) is 15.6 Å². The first-order chi connectivity index (χ1) is 9.35. The van der Waals surface area contributed by atoms with Crippen LogP contribution in [0.1, 0.15) is 16.8 Å². The van der Waals surface area contributed by atoms with Gasteiger partial charge < -0.3 is 20.9 Å². The average Bonchev–Trinajstić information content (AvgIpc) is 2.36. The molecular weight excluding hydrogens is 271 g/mol. The minimum atomic E-state index is -1.51. The highest BCUT2D eigenvalue weighted by atomic mass is 19.1. The highest BCUT2D eigenvalue weighted by molar-refractivity contribution is 5.97. The van der Waals surface area contributed by atoms with Gasteiger partial charge in [-0.15, -0.1) is 0 Å². The quantitative estimate of drug-likeness (QED) is 0.673. The van der Waals surface area contributed by atoms with Crippen LogP contribution in [0, 0.1) is 5.82 Å². The number of nitrogens with one attached hydrogen (secondary N) is 1. The summed E-state index contributed by atoms with van der Waals surface area (Å²) >= 11 is 0. The third-order valence-electron chi connectivity index (χ3n) is 2.43. The van der Waals surface area contributed by atoms with Gasteiger partial charge in [-0.3, -0.25) is 9.59 Å². The van der Waals surface area contributed by atoms with Gasteiger partial charge in [0.1, 0.15) is 17.6 Å². The maximum absolute atomic E-state index is 13.6. The van der Waals surface area contributed by atoms with Crippen molar-refractivity contribution in [3.8, 4) is 5.75 Å². The number of carbonyl (C=O) groups is 3. The monoisotopic (exact) mass is 284 g/mol. The lowest BCUT2D eigenvalue weighted by Gasteiger charge is -2.13. The van der Waals surface area contributed by atoms with E-state index in [0.717, 1.165) is 12.1 Å². The Labute approximate surface area is 113 Å². The van der Waals surface area contributed by atoms with E-state index in [-0.39, 0.29) is 11.3 Å². The van der Waals surface area contributed by atoms with Crippen molar-refractivity contribution in [2.24, 2.45) is 5.73 Å². The molecule has 8 heteroatoms. The third-order valence-corrected chi connectivity index (χ3v) is 2.43. The van der Waals surface area contributed by atoms with Gasteiger partial charge in [-0.2, -0.15) is 0 Å². The molecule has 1 aromatic rings. The summed E-state index contributed by atoms with van der Waals surface area (Å²) in [6.07, 6.45) is -0.584. The van der Waals surface area contributed by atoms with Crippen LogP contribution in [-0.4, -0.2) is 36.0 Å². The van der Waals surface area contributed by atoms with Gasteiger partial charge in [-0.25, -0.2) is 9.18 Å². The number of ether oxygens (including phenoxy) is 1. The number of halogens is 1. The molecule has 1 rings (SSSR count). The fourth-order valence-corrected chi connectivity index (χ4v) is 1.44. The van der Waals surface area contributed by atoms with Crippen LogP contribution in [-0.2, 0) is 9.59 Å². The van der Waals surface area contributed by atoms with Crippen LogP contribution in [0.4, 0.5) is 4.39 Å². The van der Waals surface area contributed by atoms with Gasteiger partial charge in [0.05, 0.1) is 19.1 Å². The van der Waals surface area contributed by atoms with Gasteiger partial charge in [-0.05, 0) is 12.1 Å². The Morgan fingerprint density at radius 1 is 1.45 bits per heavy atom. The number of aliphatic carboxylic acids is 1. The molecule has 1 aromatic carbocycles. The van der Waals surface area contributed by atoms with E-state index in [1.807, 2.05) is 5.32 Å². The summed E-state index contributed by atoms with van der Waals surface area (Å²) < 4.78 is 18.4. The van der Waals surface area contributed by atoms with Crippen LogP contribution >= 0.6 is 0 Å². The van der Waals surface area contributed by atoms with Crippen LogP contribution in [0.15, 0.2) is 18.2 Å². The van der Waals surface area contributed by atoms with Crippen molar-refractivity contribution in [2.75, 3.05) is 7.11 Å². The zero-order chi connectivity index (χ0) is 15.3. The number of carboxylic acids is 1. The molecule has 0 saturated carbocycles. The topological polar surface area (TPSA) is 119 Å². The van der Waals surface area contributed by atoms with Crippen molar-refractivity contribution in [1.29, 1.82) is 0 Å². The number of hydrogen-bond donors (Lipinski definition) is 3. The standard InChI is InChI=1S/C12H13FN2O5/c1-20-6-2-3-7(8(13)4-6)11(17)15-9(12(18)19)5-10(14)16/h2-4,9H,5H2,1H3,(H2,14,16)(H,15,17)(H,18,19). The lowest BCUT2D eigenvalue weighted by Crippen LogP contribution is -2.43. The van der Waals surface area contributed by atoms with Gasteiger partial charge in [0.2, 0.25) is 5.91 Å². The molecule has 7 nitrogen and oxygen atoms in total. The average molecular weight is 284 g/mol. The molecule has 108 valence electrons. The zero-order valence-electron chi connectivity index (χ0n) is 10.6. The summed E-state index contributed by atoms with van der Waals surface area (Å²) in [4.78, 5) is 33.3. The molecule has 0 bridgehead atoms. The number of amides is 2. The predicted octanol–water partition coefficient (Wildman–Crippen LogP) is -0.107. The minimum absolute atomic E-state index is 0.214. The fourth-order valence-electron chi connectivity index (χ4n) is 1.44. The van der Waals surface area contributed by atoms with E-state index in [1.165, 1.54) is 13.2 Å². The van der Waals surface area contributed by atoms with Crippen molar-refractivity contribution in [3.63, 3.8) is 0 Å². The molecule has 0 aliphatic carbocycles. The molecule has 4 N–H and O–H groups in total. The summed E-state index contributed by atoms with van der Waals surface area (Å²) in [5, 5.41) is 10.9. The van der Waals surface area contributed by atoms with E-state index >= 15 is 0 Å². The molecule has 0 aromatic heterocycles. The molecule has 20 heavy (non-hydrogen) atoms. The summed E-state index contributed by atoms with van der Waals surface area (Å²) in [7, 11) is 1.34. The van der Waals surface area contributed by atoms with Crippen molar-refractivity contribution in [2.45, 2.75) is 12.5 Å². The Bertz CT molecular complexity index is 547. The number of hydrogen-bond acceptors (Lipinski definition) is 4. The van der Waals surface area contributed by atoms with E-state index in [2.05, 4.69) is 0 Å². The molecule has 1 atom stereocenters. The first-order valence-electron chi connectivity index (χ1n) is 5.50. The summed E-state index contributed by atoms with van der Waals surface area (Å²) in [6, 6.07) is 1.97. The number of nitrogens with two attached hydrogens (primary N) is 1. The minimum Gasteiger partial charge on any atom is -0.497 e. The van der Waals surface area contributed by atoms with Gasteiger partial charge in [-0.1, -0.05) is 0 Å². The largest absolute Gasteiger partial charge is 0.497 e. The highest BCUT2D eigenvalue weighted by Crippen LogP contribution is 2.16. The first kappa shape index (κ1) is 15.4. The number of carbonyl (C=O) groups excluding carboxylic acids is 2. The number of primary amides is 1. The van der Waals surface area contributed by atoms with E-state index < -0.39 is 36.1 Å². The molecule has 0 spiro atoms. The fraction of sp³-hybridized carbons (Fsp3) is 0.250. The molecule has 0 saturated heterocycles. The first-order valence-corrected chi connectivity index (χ1v) is 5.50. The second-order valence-corrected chi connectivity index (χ2v) is 3.88. The molecule has 0 fully saturated rings. The zero-order valence-corrected chi connectivity index (χ0v) is 10.6. The molecule has 2 amide bonds. The summed E-state index contributed by atoms with van der Waals surface area (Å²) in [5.74, 6) is -3.95. The lowest BCUT2D eigenvalue weighted by molar-refractivity contribution is -0.140. The van der Waals surface area contributed by atoms with E-state index in [1.54, 1.807) is 0 Å². The number of carboxylic acid groups (broad SMARTS) is 1. The van der Waals surface area contributed by atoms with E-state index in [0.29, 0.717) is 0 Å². The van der Waals surface area contributed by atoms with Gasteiger partial charge >= 0.3 is 5.97 Å². The van der Waals surface area contributed by atoms with Gasteiger partial charge in [0.15, 0.2) is 0 Å². The molecule has 1 unspecified atom stereocenters. The van der Waals surface area contributed by atoms with Gasteiger partial charge in [0, 0.05) is 6.07 Å². The lowest BCUT2D eigenvalue weighted by atomic mass is 10.1. The maximum Gasteiger partial charge on any atom is 0.326 e. The normalized spacial score (nSPS) is 11.5. The SMILES string of the molecule is COc1ccc(C(=O)NC(CC(N)=O)C(=O)O)c(F)c1. The Morgan fingerprint density at radius 2 is 2.10 bits per heavy atom. The second kappa shape index (κ2) is 6.50. The Morgan fingerprint density at radius 3 is 2.55 bits per heavy atom. The van der Waals surface area contributed by atoms with Crippen molar-refractivity contribution >= 4 is 17.8 Å². The van der Waals surface area contributed by atoms with Crippen molar-refractivity contribution in [1.82, 2.24) is 5.32 Å². The number of benzene rings is 1. The van der Waals surface area contributed by atoms with Crippen LogP contribution in [0.2, 0.25) is 0 Å². The predicted molar refractivity (Wildman–Crippen MR) is 65.7 cm³/mol. The Balaban J connectivity index is 2.89. The van der Waals surface area contributed by atoms with Gasteiger partial charge in [0.25, 0.3) is 5.91 Å². The Kier molecular flexibility index (Phi) is 5.01. The smallest absolute Gasteiger partial charge is 0.326 e. The third kappa shape index (κ3) is 3.94. The Hall–Kier alpha value is -2.64. The van der Waals surface area contributed by atoms with Crippen molar-refractivity contribution in [3.05, 3.63) is 29.6 Å². The van der Waals surface area contributed by atoms with Crippen LogP contribution in [0.25, 0.3) is 0 Å². The summed E-state index contributed by atoms with van der Waals surface area (Å²) in [5.41, 5.74) is 4.51. The molecular formula is C12H13FN2O5. The summed E-state index contributed by atoms with van der Waals surface area (Å²) in [6.45, 7) is 0. The molecule has 0 heterocycles. The molecule has 0 aliphatic rings.